The van der Waals surface area contributed by atoms with Crippen molar-refractivity contribution < 1.29 is 27.5 Å². The van der Waals surface area contributed by atoms with Crippen LogP contribution in [-0.4, -0.2) is 9.79 Å². The fraction of sp³-hybridized carbons (Fsp3) is 0. The summed E-state index contributed by atoms with van der Waals surface area (Å²) in [6.45, 7) is -2.32. The van der Waals surface area contributed by atoms with Crippen molar-refractivity contribution in [1.82, 2.24) is 0 Å². The third-order valence-electron chi connectivity index (χ3n) is 0.310. The van der Waals surface area contributed by atoms with Gasteiger partial charge in [0.2, 0.25) is 0 Å². The molecule has 11 heteroatoms. The molecular weight excluding hydrogens is 283 g/mol. The summed E-state index contributed by atoms with van der Waals surface area (Å²) in [5, 5.41) is 8.47. The van der Waals surface area contributed by atoms with Crippen LogP contribution in [0.5, 0.6) is 0 Å². The smallest absolute Gasteiger partial charge is 0.302 e. The van der Waals surface area contributed by atoms with Gasteiger partial charge in [0.1, 0.15) is 0 Å². The maximum Gasteiger partial charge on any atom is 0.480 e. The van der Waals surface area contributed by atoms with E-state index in [0.717, 1.165) is 0 Å². The topological polar surface area (TPSA) is 117 Å². The molecule has 0 amide bonds. The highest BCUT2D eigenvalue weighted by molar-refractivity contribution is 9.37. The maximum absolute atomic E-state index is 10.1. The molecule has 0 saturated heterocycles. The number of hydrogen-bond acceptors (Lipinski definition) is 5. The minimum absolute atomic E-state index is 2.32. The van der Waals surface area contributed by atoms with Crippen LogP contribution in [0.4, 0.5) is 0 Å². The van der Waals surface area contributed by atoms with E-state index in [9.17, 15) is 9.13 Å². The highest BCUT2D eigenvalue weighted by atomic mass is 79.9. The Morgan fingerprint density at radius 1 is 1.55 bits per heavy atom. The van der Waals surface area contributed by atoms with Gasteiger partial charge in [-0.1, -0.05) is 0 Å². The number of halogens is 1. The largest absolute Gasteiger partial charge is 0.480 e. The van der Waals surface area contributed by atoms with E-state index in [4.69, 9.17) is 14.8 Å². The van der Waals surface area contributed by atoms with Gasteiger partial charge in [-0.3, -0.25) is 0 Å². The first-order valence-corrected chi connectivity index (χ1v) is 7.72. The zero-order valence-corrected chi connectivity index (χ0v) is 8.96. The maximum atomic E-state index is 10.1. The fourth-order valence-electron chi connectivity index (χ4n) is 0.161. The van der Waals surface area contributed by atoms with Crippen LogP contribution in [0.2, 0.25) is 0 Å². The molecule has 11 heavy (non-hydrogen) atoms. The van der Waals surface area contributed by atoms with E-state index < -0.39 is 22.6 Å². The Balaban J connectivity index is 3.94. The average Bonchev–Trinajstić information content (AvgIpc) is 1.53. The van der Waals surface area contributed by atoms with Gasteiger partial charge in [0.25, 0.3) is 6.73 Å². The van der Waals surface area contributed by atoms with Crippen LogP contribution in [0.3, 0.4) is 0 Å². The summed E-state index contributed by atoms with van der Waals surface area (Å²) in [5.41, 5.74) is 0. The first kappa shape index (κ1) is 11.7. The Morgan fingerprint density at radius 2 is 2.00 bits per heavy atom. The second-order valence-corrected chi connectivity index (χ2v) is 6.03. The molecule has 0 aliphatic carbocycles. The van der Waals surface area contributed by atoms with Gasteiger partial charge in [0.15, 0.2) is 0 Å². The van der Waals surface area contributed by atoms with Crippen LogP contribution in [0.25, 0.3) is 0 Å². The van der Waals surface area contributed by atoms with Crippen molar-refractivity contribution >= 4 is 38.1 Å². The Kier molecular flexibility index (Phi) is 4.91. The predicted molar refractivity (Wildman–Crippen MR) is 39.4 cm³/mol. The third-order valence-corrected chi connectivity index (χ3v) is 3.96. The van der Waals surface area contributed by atoms with Crippen molar-refractivity contribution in [1.29, 1.82) is 5.00 Å². The molecule has 0 heterocycles. The Bertz CT molecular complexity index is 257. The highest BCUT2D eigenvalue weighted by Gasteiger charge is 2.20. The van der Waals surface area contributed by atoms with Crippen molar-refractivity contribution in [3.63, 3.8) is 0 Å². The Labute approximate surface area is 71.1 Å². The van der Waals surface area contributed by atoms with Crippen molar-refractivity contribution in [2.75, 3.05) is 0 Å². The van der Waals surface area contributed by atoms with E-state index in [1.807, 2.05) is 0 Å². The molecule has 0 rings (SSSR count). The van der Waals surface area contributed by atoms with Gasteiger partial charge in [-0.2, -0.15) is 13.6 Å². The van der Waals surface area contributed by atoms with E-state index in [2.05, 4.69) is 24.1 Å². The highest BCUT2D eigenvalue weighted by Crippen LogP contribution is 2.52. The zero-order valence-electron chi connectivity index (χ0n) is 4.69. The SMILES string of the molecule is N#P(O[P](=O)Br)OP(=O)(O)O. The molecule has 0 saturated carbocycles. The van der Waals surface area contributed by atoms with E-state index in [1.54, 1.807) is 0 Å². The van der Waals surface area contributed by atoms with Crippen molar-refractivity contribution in [2.24, 2.45) is 0 Å². The monoisotopic (exact) mass is 284 g/mol. The summed E-state index contributed by atoms with van der Waals surface area (Å²) in [7, 11) is -7.58. The van der Waals surface area contributed by atoms with E-state index in [1.165, 1.54) is 0 Å². The fourth-order valence-corrected chi connectivity index (χ4v) is 2.71. The second-order valence-electron chi connectivity index (χ2n) is 1.10. The molecule has 0 fully saturated rings. The number of phosphoric acid groups is 1. The van der Waals surface area contributed by atoms with Crippen LogP contribution < -0.4 is 0 Å². The Morgan fingerprint density at radius 3 is 2.27 bits per heavy atom. The quantitative estimate of drug-likeness (QED) is 0.744. The lowest BCUT2D eigenvalue weighted by molar-refractivity contribution is 0.287. The number of rotatable bonds is 2. The molecule has 0 bridgehead atoms. The lowest BCUT2D eigenvalue weighted by Crippen LogP contribution is -1.75. The van der Waals surface area contributed by atoms with Gasteiger partial charge in [-0.15, -0.1) is 0 Å². The minimum atomic E-state index is -4.77. The van der Waals surface area contributed by atoms with Crippen LogP contribution in [-0.2, 0) is 17.8 Å². The van der Waals surface area contributed by atoms with Crippen LogP contribution in [0.1, 0.15) is 0 Å². The van der Waals surface area contributed by atoms with Crippen molar-refractivity contribution in [2.45, 2.75) is 0 Å². The molecular formula is H2BrNO6P3. The third kappa shape index (κ3) is 8.57. The molecule has 0 aromatic carbocycles. The molecule has 2 atom stereocenters. The zero-order chi connectivity index (χ0) is 9.07. The molecule has 0 aromatic rings. The summed E-state index contributed by atoms with van der Waals surface area (Å²) in [6, 6.07) is 0. The first-order chi connectivity index (χ1) is 4.81. The normalized spacial score (nSPS) is 14.4. The van der Waals surface area contributed by atoms with Crippen molar-refractivity contribution in [3.8, 4) is 0 Å². The van der Waals surface area contributed by atoms with Crippen LogP contribution >= 0.6 is 38.1 Å². The summed E-state index contributed by atoms with van der Waals surface area (Å²) >= 11 is 2.39. The van der Waals surface area contributed by atoms with Gasteiger partial charge in [0.05, 0.1) is 0 Å². The van der Waals surface area contributed by atoms with Gasteiger partial charge in [-0.25, -0.2) is 9.13 Å². The van der Waals surface area contributed by atoms with E-state index >= 15 is 0 Å². The molecule has 0 aromatic heterocycles. The van der Waals surface area contributed by atoms with Gasteiger partial charge in [0, 0.05) is 15.5 Å². The van der Waals surface area contributed by atoms with Crippen molar-refractivity contribution in [3.05, 3.63) is 0 Å². The molecule has 2 unspecified atom stereocenters. The standard InChI is InChI=1S/BrH2NO6P3/c1-9(3)7-10(2)8-11(4,5)6/h(H2,4,5,6). The summed E-state index contributed by atoms with van der Waals surface area (Å²) in [4.78, 5) is 16.1. The van der Waals surface area contributed by atoms with E-state index in [0.29, 0.717) is 0 Å². The Hall–Kier alpha value is 0.660. The van der Waals surface area contributed by atoms with E-state index in [-0.39, 0.29) is 0 Å². The molecule has 65 valence electrons. The molecule has 0 aliphatic heterocycles. The molecule has 0 aliphatic rings. The van der Waals surface area contributed by atoms with Crippen LogP contribution in [0, 0.1) is 5.00 Å². The van der Waals surface area contributed by atoms with Crippen LogP contribution in [0.15, 0.2) is 0 Å². The lowest BCUT2D eigenvalue weighted by atomic mass is 14.0. The lowest BCUT2D eigenvalue weighted by Gasteiger charge is -1.98. The van der Waals surface area contributed by atoms with Gasteiger partial charge in [-0.05, 0) is 0 Å². The first-order valence-electron chi connectivity index (χ1n) is 1.86. The van der Waals surface area contributed by atoms with Gasteiger partial charge >= 0.3 is 15.8 Å². The molecule has 7 nitrogen and oxygen atoms in total. The second kappa shape index (κ2) is 4.63. The minimum Gasteiger partial charge on any atom is -0.302 e. The summed E-state index contributed by atoms with van der Waals surface area (Å²) in [6.07, 6.45) is 0. The average molecular weight is 285 g/mol. The number of nitrogens with zero attached hydrogens (tertiary/aromatic N) is 1. The summed E-state index contributed by atoms with van der Waals surface area (Å²) < 4.78 is 27.6. The molecule has 2 N–H and O–H groups in total. The molecule has 0 spiro atoms. The molecule has 1 radical (unpaired) electrons. The van der Waals surface area contributed by atoms with Gasteiger partial charge < -0.3 is 9.79 Å². The predicted octanol–water partition coefficient (Wildman–Crippen LogP) is 1.96. The summed E-state index contributed by atoms with van der Waals surface area (Å²) in [5.74, 6) is 0. The number of hydrogen-bond donors (Lipinski definition) is 2.